The van der Waals surface area contributed by atoms with Gasteiger partial charge in [0, 0.05) is 0 Å². The molecular formula is C17H28O3. The Balaban J connectivity index is 1.99. The number of hydrogen-bond acceptors (Lipinski definition) is 3. The van der Waals surface area contributed by atoms with Crippen LogP contribution in [0.4, 0.5) is 0 Å². The number of rotatable bonds is 5. The van der Waals surface area contributed by atoms with Crippen LogP contribution in [0.3, 0.4) is 0 Å². The molecule has 1 saturated heterocycles. The summed E-state index contributed by atoms with van der Waals surface area (Å²) in [4.78, 5) is 11.6. The van der Waals surface area contributed by atoms with Crippen molar-refractivity contribution in [3.63, 3.8) is 0 Å². The lowest BCUT2D eigenvalue weighted by atomic mass is 9.66. The van der Waals surface area contributed by atoms with Crippen LogP contribution in [-0.4, -0.2) is 24.8 Å². The second-order valence-corrected chi connectivity index (χ2v) is 7.01. The van der Waals surface area contributed by atoms with Crippen LogP contribution in [0.1, 0.15) is 59.8 Å². The zero-order chi connectivity index (χ0) is 15.0. The normalized spacial score (nSPS) is 35.4. The quantitative estimate of drug-likeness (QED) is 0.436. The standard InChI is InChI=1S/C17H28O3/c1-6-17(14(20-17)15(18)19-5)11-9-13-12(2)8-7-10-16(13,3)4/h8,13-14H,6-7,9-11H2,1-5H3. The van der Waals surface area contributed by atoms with E-state index in [9.17, 15) is 4.79 Å². The smallest absolute Gasteiger partial charge is 0.338 e. The topological polar surface area (TPSA) is 38.8 Å². The van der Waals surface area contributed by atoms with E-state index in [4.69, 9.17) is 9.47 Å². The molecule has 1 heterocycles. The fourth-order valence-electron chi connectivity index (χ4n) is 3.82. The van der Waals surface area contributed by atoms with Crippen molar-refractivity contribution < 1.29 is 14.3 Å². The van der Waals surface area contributed by atoms with Gasteiger partial charge in [0.05, 0.1) is 7.11 Å². The van der Waals surface area contributed by atoms with Gasteiger partial charge in [0.1, 0.15) is 5.60 Å². The molecule has 3 heteroatoms. The van der Waals surface area contributed by atoms with Crippen LogP contribution in [0.5, 0.6) is 0 Å². The second kappa shape index (κ2) is 5.51. The predicted molar refractivity (Wildman–Crippen MR) is 79.4 cm³/mol. The molecule has 0 N–H and O–H groups in total. The molecule has 0 amide bonds. The third-order valence-corrected chi connectivity index (χ3v) is 5.39. The molecule has 0 aromatic carbocycles. The minimum absolute atomic E-state index is 0.220. The van der Waals surface area contributed by atoms with Gasteiger partial charge in [-0.1, -0.05) is 32.4 Å². The van der Waals surface area contributed by atoms with Gasteiger partial charge in [-0.15, -0.1) is 0 Å². The number of methoxy groups -OCH3 is 1. The Bertz CT molecular complexity index is 410. The number of allylic oxidation sites excluding steroid dienone is 2. The summed E-state index contributed by atoms with van der Waals surface area (Å²) in [5, 5.41) is 0. The van der Waals surface area contributed by atoms with Crippen molar-refractivity contribution >= 4 is 5.97 Å². The molecule has 0 spiro atoms. The average Bonchev–Trinajstić information content (AvgIpc) is 3.12. The summed E-state index contributed by atoms with van der Waals surface area (Å²) in [5.41, 5.74) is 1.59. The molecule has 114 valence electrons. The average molecular weight is 280 g/mol. The summed E-state index contributed by atoms with van der Waals surface area (Å²) in [6.45, 7) is 9.06. The largest absolute Gasteiger partial charge is 0.467 e. The first-order valence-electron chi connectivity index (χ1n) is 7.78. The van der Waals surface area contributed by atoms with Gasteiger partial charge in [0.2, 0.25) is 0 Å². The van der Waals surface area contributed by atoms with Crippen molar-refractivity contribution in [3.05, 3.63) is 11.6 Å². The third kappa shape index (κ3) is 2.78. The monoisotopic (exact) mass is 280 g/mol. The van der Waals surface area contributed by atoms with Crippen LogP contribution < -0.4 is 0 Å². The number of carbonyl (C=O) groups excluding carboxylic acids is 1. The first kappa shape index (κ1) is 15.6. The maximum atomic E-state index is 11.6. The Morgan fingerprint density at radius 2 is 2.20 bits per heavy atom. The zero-order valence-electron chi connectivity index (χ0n) is 13.5. The highest BCUT2D eigenvalue weighted by molar-refractivity contribution is 5.79. The molecule has 20 heavy (non-hydrogen) atoms. The van der Waals surface area contributed by atoms with Crippen LogP contribution in [0.25, 0.3) is 0 Å². The zero-order valence-corrected chi connectivity index (χ0v) is 13.5. The Hall–Kier alpha value is -0.830. The molecule has 0 aromatic heterocycles. The Morgan fingerprint density at radius 3 is 2.75 bits per heavy atom. The van der Waals surface area contributed by atoms with E-state index in [2.05, 4.69) is 33.8 Å². The molecule has 0 bridgehead atoms. The molecule has 3 unspecified atom stereocenters. The molecule has 0 aromatic rings. The summed E-state index contributed by atoms with van der Waals surface area (Å²) >= 11 is 0. The first-order chi connectivity index (χ1) is 9.36. The predicted octanol–water partition coefficient (Wildman–Crippen LogP) is 3.87. The Morgan fingerprint density at radius 1 is 1.50 bits per heavy atom. The van der Waals surface area contributed by atoms with Crippen molar-refractivity contribution in [2.24, 2.45) is 11.3 Å². The van der Waals surface area contributed by atoms with Gasteiger partial charge < -0.3 is 9.47 Å². The molecule has 1 fully saturated rings. The number of esters is 1. The lowest BCUT2D eigenvalue weighted by Gasteiger charge is -2.39. The van der Waals surface area contributed by atoms with E-state index >= 15 is 0 Å². The van der Waals surface area contributed by atoms with Crippen LogP contribution in [0.15, 0.2) is 11.6 Å². The molecule has 2 rings (SSSR count). The molecule has 0 radical (unpaired) electrons. The Labute approximate surface area is 122 Å². The molecule has 0 saturated carbocycles. The van der Waals surface area contributed by atoms with Gasteiger partial charge in [-0.2, -0.15) is 0 Å². The van der Waals surface area contributed by atoms with Gasteiger partial charge in [0.15, 0.2) is 6.10 Å². The van der Waals surface area contributed by atoms with E-state index in [0.717, 1.165) is 19.3 Å². The van der Waals surface area contributed by atoms with E-state index in [1.807, 2.05) is 0 Å². The highest BCUT2D eigenvalue weighted by Crippen LogP contribution is 2.49. The van der Waals surface area contributed by atoms with E-state index in [0.29, 0.717) is 11.3 Å². The fourth-order valence-corrected chi connectivity index (χ4v) is 3.82. The highest BCUT2D eigenvalue weighted by Gasteiger charge is 2.60. The third-order valence-electron chi connectivity index (χ3n) is 5.39. The van der Waals surface area contributed by atoms with E-state index in [1.54, 1.807) is 0 Å². The maximum Gasteiger partial charge on any atom is 0.338 e. The molecule has 1 aliphatic heterocycles. The van der Waals surface area contributed by atoms with Crippen LogP contribution in [0.2, 0.25) is 0 Å². The minimum Gasteiger partial charge on any atom is -0.467 e. The highest BCUT2D eigenvalue weighted by atomic mass is 16.7. The molecule has 1 aliphatic carbocycles. The fraction of sp³-hybridized carbons (Fsp3) is 0.824. The summed E-state index contributed by atoms with van der Waals surface area (Å²) < 4.78 is 10.5. The van der Waals surface area contributed by atoms with Gasteiger partial charge in [0.25, 0.3) is 0 Å². The van der Waals surface area contributed by atoms with Crippen LogP contribution in [-0.2, 0) is 14.3 Å². The van der Waals surface area contributed by atoms with Gasteiger partial charge in [-0.05, 0) is 50.4 Å². The van der Waals surface area contributed by atoms with Crippen LogP contribution in [0, 0.1) is 11.3 Å². The number of carbonyl (C=O) groups is 1. The summed E-state index contributed by atoms with van der Waals surface area (Å²) in [5.74, 6) is 0.379. The number of ether oxygens (including phenoxy) is 2. The number of epoxide rings is 1. The lowest BCUT2D eigenvalue weighted by molar-refractivity contribution is -0.142. The molecular weight excluding hydrogens is 252 g/mol. The summed E-state index contributed by atoms with van der Waals surface area (Å²) in [7, 11) is 1.43. The van der Waals surface area contributed by atoms with Crippen molar-refractivity contribution in [1.29, 1.82) is 0 Å². The second-order valence-electron chi connectivity index (χ2n) is 7.01. The SMILES string of the molecule is CCC1(CCC2C(C)=CCCC2(C)C)OC1C(=O)OC. The summed E-state index contributed by atoms with van der Waals surface area (Å²) in [6.07, 6.45) is 7.39. The van der Waals surface area contributed by atoms with E-state index in [1.165, 1.54) is 25.5 Å². The molecule has 2 aliphatic rings. The maximum absolute atomic E-state index is 11.6. The van der Waals surface area contributed by atoms with E-state index in [-0.39, 0.29) is 17.7 Å². The lowest BCUT2D eigenvalue weighted by Crippen LogP contribution is -2.30. The van der Waals surface area contributed by atoms with Gasteiger partial charge >= 0.3 is 5.97 Å². The number of hydrogen-bond donors (Lipinski definition) is 0. The van der Waals surface area contributed by atoms with Crippen LogP contribution >= 0.6 is 0 Å². The molecule has 3 atom stereocenters. The first-order valence-corrected chi connectivity index (χ1v) is 7.78. The Kier molecular flexibility index (Phi) is 4.29. The van der Waals surface area contributed by atoms with Gasteiger partial charge in [-0.3, -0.25) is 0 Å². The van der Waals surface area contributed by atoms with Crippen molar-refractivity contribution in [1.82, 2.24) is 0 Å². The molecule has 3 nitrogen and oxygen atoms in total. The van der Waals surface area contributed by atoms with Gasteiger partial charge in [-0.25, -0.2) is 4.79 Å². The minimum atomic E-state index is -0.339. The van der Waals surface area contributed by atoms with Crippen molar-refractivity contribution in [2.75, 3.05) is 7.11 Å². The van der Waals surface area contributed by atoms with Crippen molar-refractivity contribution in [3.8, 4) is 0 Å². The van der Waals surface area contributed by atoms with Crippen molar-refractivity contribution in [2.45, 2.75) is 71.5 Å². The van der Waals surface area contributed by atoms with E-state index < -0.39 is 0 Å². The summed E-state index contributed by atoms with van der Waals surface area (Å²) in [6, 6.07) is 0.